The first-order chi connectivity index (χ1) is 9.22. The number of pyridine rings is 1. The largest absolute Gasteiger partial charge is 0.322 e. The quantitative estimate of drug-likeness (QED) is 0.721. The zero-order chi connectivity index (χ0) is 13.2. The van der Waals surface area contributed by atoms with Gasteiger partial charge in [0.05, 0.1) is 15.7 Å². The molecule has 0 spiro atoms. The Kier molecular flexibility index (Phi) is 3.44. The summed E-state index contributed by atoms with van der Waals surface area (Å²) in [5.74, 6) is 0.542. The van der Waals surface area contributed by atoms with E-state index in [2.05, 4.69) is 52.1 Å². The summed E-state index contributed by atoms with van der Waals surface area (Å²) in [6.07, 6.45) is 5.17. The van der Waals surface area contributed by atoms with E-state index in [0.29, 0.717) is 5.95 Å². The summed E-state index contributed by atoms with van der Waals surface area (Å²) in [4.78, 5) is 12.8. The van der Waals surface area contributed by atoms with Crippen LogP contribution in [0.5, 0.6) is 0 Å². The molecule has 0 unspecified atom stereocenters. The maximum absolute atomic E-state index is 4.42. The standard InChI is InChI=1S/C13H8Br2N4/c14-9-4-8-2-1-3-11(12(8)16-5-9)19-13-17-6-10(15)7-18-13/h1-7H,(H,17,18,19). The van der Waals surface area contributed by atoms with Gasteiger partial charge in [-0.25, -0.2) is 9.97 Å². The Labute approximate surface area is 126 Å². The van der Waals surface area contributed by atoms with Gasteiger partial charge in [0.25, 0.3) is 0 Å². The van der Waals surface area contributed by atoms with Gasteiger partial charge >= 0.3 is 0 Å². The van der Waals surface area contributed by atoms with E-state index in [4.69, 9.17) is 0 Å². The third-order valence-electron chi connectivity index (χ3n) is 2.54. The van der Waals surface area contributed by atoms with E-state index in [1.807, 2.05) is 24.3 Å². The molecule has 1 aromatic carbocycles. The second kappa shape index (κ2) is 5.22. The summed E-state index contributed by atoms with van der Waals surface area (Å²) in [5.41, 5.74) is 1.77. The molecule has 0 amide bonds. The molecule has 0 radical (unpaired) electrons. The number of hydrogen-bond donors (Lipinski definition) is 1. The van der Waals surface area contributed by atoms with Crippen molar-refractivity contribution in [1.29, 1.82) is 0 Å². The molecule has 3 rings (SSSR count). The summed E-state index contributed by atoms with van der Waals surface area (Å²) >= 11 is 6.73. The highest BCUT2D eigenvalue weighted by Gasteiger charge is 2.04. The molecule has 0 atom stereocenters. The van der Waals surface area contributed by atoms with Crippen molar-refractivity contribution >= 4 is 54.4 Å². The molecular weight excluding hydrogens is 372 g/mol. The highest BCUT2D eigenvalue weighted by Crippen LogP contribution is 2.25. The monoisotopic (exact) mass is 378 g/mol. The molecule has 2 aromatic heterocycles. The Morgan fingerprint density at radius 1 is 0.895 bits per heavy atom. The van der Waals surface area contributed by atoms with Gasteiger partial charge in [-0.1, -0.05) is 12.1 Å². The molecule has 19 heavy (non-hydrogen) atoms. The molecular formula is C13H8Br2N4. The lowest BCUT2D eigenvalue weighted by Gasteiger charge is -2.07. The molecule has 0 bridgehead atoms. The van der Waals surface area contributed by atoms with Crippen molar-refractivity contribution in [2.24, 2.45) is 0 Å². The van der Waals surface area contributed by atoms with E-state index in [0.717, 1.165) is 25.5 Å². The molecule has 0 fully saturated rings. The average molecular weight is 380 g/mol. The topological polar surface area (TPSA) is 50.7 Å². The van der Waals surface area contributed by atoms with E-state index >= 15 is 0 Å². The van der Waals surface area contributed by atoms with Crippen molar-refractivity contribution in [3.8, 4) is 0 Å². The molecule has 94 valence electrons. The van der Waals surface area contributed by atoms with Gasteiger partial charge in [0.2, 0.25) is 5.95 Å². The van der Waals surface area contributed by atoms with Crippen LogP contribution in [0.4, 0.5) is 11.6 Å². The van der Waals surface area contributed by atoms with E-state index in [1.165, 1.54) is 0 Å². The summed E-state index contributed by atoms with van der Waals surface area (Å²) in [7, 11) is 0. The lowest BCUT2D eigenvalue weighted by Crippen LogP contribution is -1.97. The van der Waals surface area contributed by atoms with Crippen molar-refractivity contribution in [1.82, 2.24) is 15.0 Å². The minimum Gasteiger partial charge on any atom is -0.322 e. The highest BCUT2D eigenvalue weighted by atomic mass is 79.9. The number of nitrogens with one attached hydrogen (secondary N) is 1. The summed E-state index contributed by atoms with van der Waals surface area (Å²) < 4.78 is 1.80. The summed E-state index contributed by atoms with van der Waals surface area (Å²) in [5, 5.41) is 4.23. The third kappa shape index (κ3) is 2.74. The molecule has 4 nitrogen and oxygen atoms in total. The Morgan fingerprint density at radius 2 is 1.63 bits per heavy atom. The number of fused-ring (bicyclic) bond motifs is 1. The van der Waals surface area contributed by atoms with Crippen LogP contribution in [0.25, 0.3) is 10.9 Å². The van der Waals surface area contributed by atoms with Crippen molar-refractivity contribution in [3.63, 3.8) is 0 Å². The van der Waals surface area contributed by atoms with Crippen LogP contribution in [0, 0.1) is 0 Å². The first-order valence-corrected chi connectivity index (χ1v) is 7.10. The number of benzene rings is 1. The Balaban J connectivity index is 2.03. The molecule has 6 heteroatoms. The zero-order valence-corrected chi connectivity index (χ0v) is 12.8. The average Bonchev–Trinajstić information content (AvgIpc) is 2.41. The maximum Gasteiger partial charge on any atom is 0.227 e. The molecule has 0 saturated heterocycles. The smallest absolute Gasteiger partial charge is 0.227 e. The lowest BCUT2D eigenvalue weighted by atomic mass is 10.2. The molecule has 3 aromatic rings. The molecule has 0 aliphatic carbocycles. The first kappa shape index (κ1) is 12.5. The van der Waals surface area contributed by atoms with E-state index in [9.17, 15) is 0 Å². The van der Waals surface area contributed by atoms with Crippen LogP contribution in [0.3, 0.4) is 0 Å². The fourth-order valence-corrected chi connectivity index (χ4v) is 2.29. The Bertz CT molecular complexity index is 728. The minimum absolute atomic E-state index is 0.542. The molecule has 1 N–H and O–H groups in total. The van der Waals surface area contributed by atoms with Crippen LogP contribution in [-0.4, -0.2) is 15.0 Å². The number of para-hydroxylation sites is 1. The molecule has 0 saturated carbocycles. The van der Waals surface area contributed by atoms with Crippen LogP contribution in [0.2, 0.25) is 0 Å². The maximum atomic E-state index is 4.42. The third-order valence-corrected chi connectivity index (χ3v) is 3.39. The number of aromatic nitrogens is 3. The van der Waals surface area contributed by atoms with Gasteiger partial charge in [0, 0.05) is 28.4 Å². The van der Waals surface area contributed by atoms with Crippen LogP contribution in [0.1, 0.15) is 0 Å². The summed E-state index contributed by atoms with van der Waals surface area (Å²) in [6, 6.07) is 7.96. The van der Waals surface area contributed by atoms with Crippen LogP contribution >= 0.6 is 31.9 Å². The Hall–Kier alpha value is -1.53. The van der Waals surface area contributed by atoms with Gasteiger partial charge in [0.1, 0.15) is 0 Å². The number of halogens is 2. The molecule has 2 heterocycles. The van der Waals surface area contributed by atoms with Crippen LogP contribution in [-0.2, 0) is 0 Å². The van der Waals surface area contributed by atoms with Crippen molar-refractivity contribution in [2.75, 3.05) is 5.32 Å². The SMILES string of the molecule is Brc1cnc(Nc2cccc3cc(Br)cnc23)nc1. The van der Waals surface area contributed by atoms with Crippen LogP contribution < -0.4 is 5.32 Å². The molecule has 0 aliphatic heterocycles. The van der Waals surface area contributed by atoms with E-state index in [1.54, 1.807) is 18.6 Å². The van der Waals surface area contributed by atoms with Crippen LogP contribution in [0.15, 0.2) is 51.8 Å². The van der Waals surface area contributed by atoms with Crippen molar-refractivity contribution in [3.05, 3.63) is 51.8 Å². The molecule has 0 aliphatic rings. The number of anilines is 2. The van der Waals surface area contributed by atoms with Gasteiger partial charge < -0.3 is 5.32 Å². The van der Waals surface area contributed by atoms with Gasteiger partial charge in [-0.2, -0.15) is 0 Å². The number of hydrogen-bond acceptors (Lipinski definition) is 4. The Morgan fingerprint density at radius 3 is 2.42 bits per heavy atom. The van der Waals surface area contributed by atoms with E-state index in [-0.39, 0.29) is 0 Å². The second-order valence-corrected chi connectivity index (χ2v) is 5.71. The predicted octanol–water partition coefficient (Wildman–Crippen LogP) is 4.29. The summed E-state index contributed by atoms with van der Waals surface area (Å²) in [6.45, 7) is 0. The van der Waals surface area contributed by atoms with Crippen molar-refractivity contribution in [2.45, 2.75) is 0 Å². The fourth-order valence-electron chi connectivity index (χ4n) is 1.73. The number of rotatable bonds is 2. The lowest BCUT2D eigenvalue weighted by molar-refractivity contribution is 1.15. The van der Waals surface area contributed by atoms with Gasteiger partial charge in [-0.15, -0.1) is 0 Å². The van der Waals surface area contributed by atoms with Crippen molar-refractivity contribution < 1.29 is 0 Å². The second-order valence-electron chi connectivity index (χ2n) is 3.88. The van der Waals surface area contributed by atoms with E-state index < -0.39 is 0 Å². The van der Waals surface area contributed by atoms with Gasteiger partial charge in [-0.05, 0) is 44.0 Å². The normalized spacial score (nSPS) is 10.6. The number of nitrogens with zero attached hydrogens (tertiary/aromatic N) is 3. The minimum atomic E-state index is 0.542. The highest BCUT2D eigenvalue weighted by molar-refractivity contribution is 9.10. The van der Waals surface area contributed by atoms with Gasteiger partial charge in [-0.3, -0.25) is 4.98 Å². The fraction of sp³-hybridized carbons (Fsp3) is 0. The van der Waals surface area contributed by atoms with Gasteiger partial charge in [0.15, 0.2) is 0 Å². The predicted molar refractivity (Wildman–Crippen MR) is 82.5 cm³/mol. The zero-order valence-electron chi connectivity index (χ0n) is 9.64. The first-order valence-electron chi connectivity index (χ1n) is 5.51.